The molecule has 0 bridgehead atoms. The van der Waals surface area contributed by atoms with E-state index in [0.717, 1.165) is 64.2 Å². The highest BCUT2D eigenvalue weighted by Gasteiger charge is 2.17. The van der Waals surface area contributed by atoms with Crippen LogP contribution in [0.15, 0.2) is 18.2 Å². The lowest BCUT2D eigenvalue weighted by Gasteiger charge is -2.22. The molecule has 1 aliphatic rings. The van der Waals surface area contributed by atoms with Gasteiger partial charge in [-0.25, -0.2) is 0 Å². The molecule has 6 heteroatoms. The molecule has 0 aromatic heterocycles. The lowest BCUT2D eigenvalue weighted by molar-refractivity contribution is 0.362. The van der Waals surface area contributed by atoms with Crippen molar-refractivity contribution in [3.8, 4) is 11.5 Å². The fourth-order valence-electron chi connectivity index (χ4n) is 2.82. The van der Waals surface area contributed by atoms with E-state index in [9.17, 15) is 5.11 Å². The van der Waals surface area contributed by atoms with Crippen LogP contribution in [-0.2, 0) is 0 Å². The molecule has 130 valence electrons. The standard InChI is InChI=1S/C17H30N4O2/c1-23-16-5-2-4-14(17(16)22)15-6-9-20-11-10-18-7-3-8-19-12-13-21-15/h2,4-5,15,18-22H,3,6-13H2,1H3. The molecule has 1 aromatic rings. The van der Waals surface area contributed by atoms with Crippen molar-refractivity contribution in [2.75, 3.05) is 52.9 Å². The highest BCUT2D eigenvalue weighted by Crippen LogP contribution is 2.34. The zero-order valence-corrected chi connectivity index (χ0v) is 14.0. The first-order valence-corrected chi connectivity index (χ1v) is 8.54. The molecule has 0 spiro atoms. The molecule has 0 radical (unpaired) electrons. The van der Waals surface area contributed by atoms with E-state index in [-0.39, 0.29) is 11.8 Å². The van der Waals surface area contributed by atoms with Crippen molar-refractivity contribution in [1.29, 1.82) is 0 Å². The normalized spacial score (nSPS) is 22.2. The van der Waals surface area contributed by atoms with Gasteiger partial charge < -0.3 is 31.1 Å². The van der Waals surface area contributed by atoms with Crippen molar-refractivity contribution in [3.05, 3.63) is 23.8 Å². The van der Waals surface area contributed by atoms with E-state index in [0.29, 0.717) is 5.75 Å². The van der Waals surface area contributed by atoms with Gasteiger partial charge in [0.1, 0.15) is 0 Å². The molecule has 1 aliphatic heterocycles. The summed E-state index contributed by atoms with van der Waals surface area (Å²) in [6.45, 7) is 6.74. The number of benzene rings is 1. The fraction of sp³-hybridized carbons (Fsp3) is 0.647. The summed E-state index contributed by atoms with van der Waals surface area (Å²) in [5.41, 5.74) is 0.899. The summed E-state index contributed by atoms with van der Waals surface area (Å²) in [7, 11) is 1.58. The fourth-order valence-corrected chi connectivity index (χ4v) is 2.82. The van der Waals surface area contributed by atoms with Crippen LogP contribution in [0.1, 0.15) is 24.4 Å². The Morgan fingerprint density at radius 2 is 1.65 bits per heavy atom. The van der Waals surface area contributed by atoms with Crippen molar-refractivity contribution >= 4 is 0 Å². The second kappa shape index (κ2) is 10.4. The molecule has 1 unspecified atom stereocenters. The molecule has 6 nitrogen and oxygen atoms in total. The summed E-state index contributed by atoms with van der Waals surface area (Å²) in [6.07, 6.45) is 2.06. The average molecular weight is 322 g/mol. The third-order valence-corrected chi connectivity index (χ3v) is 4.11. The number of ether oxygens (including phenoxy) is 1. The summed E-state index contributed by atoms with van der Waals surface area (Å²) >= 11 is 0. The monoisotopic (exact) mass is 322 g/mol. The van der Waals surface area contributed by atoms with Gasteiger partial charge in [-0.15, -0.1) is 0 Å². The number of aromatic hydroxyl groups is 1. The predicted octanol–water partition coefficient (Wildman–Crippen LogP) is 0.594. The molecule has 0 aliphatic carbocycles. The first-order chi connectivity index (χ1) is 11.3. The molecule has 1 heterocycles. The minimum atomic E-state index is 0.107. The molecular weight excluding hydrogens is 292 g/mol. The molecule has 1 aromatic carbocycles. The lowest BCUT2D eigenvalue weighted by Crippen LogP contribution is -2.35. The SMILES string of the molecule is COc1cccc(C2CCNCCNCCCNCCN2)c1O. The Labute approximate surface area is 139 Å². The number of nitrogens with one attached hydrogen (secondary N) is 4. The van der Waals surface area contributed by atoms with Crippen LogP contribution in [0.2, 0.25) is 0 Å². The molecule has 5 N–H and O–H groups in total. The number of methoxy groups -OCH3 is 1. The van der Waals surface area contributed by atoms with Crippen LogP contribution in [0.4, 0.5) is 0 Å². The molecule has 1 fully saturated rings. The second-order valence-electron chi connectivity index (χ2n) is 5.80. The number of phenolic OH excluding ortho intramolecular Hbond substituents is 1. The van der Waals surface area contributed by atoms with Crippen LogP contribution in [0.5, 0.6) is 11.5 Å². The second-order valence-corrected chi connectivity index (χ2v) is 5.80. The van der Waals surface area contributed by atoms with Gasteiger partial charge in [0.2, 0.25) is 0 Å². The van der Waals surface area contributed by atoms with Gasteiger partial charge in [0.15, 0.2) is 11.5 Å². The van der Waals surface area contributed by atoms with E-state index in [2.05, 4.69) is 21.3 Å². The number of hydrogen-bond acceptors (Lipinski definition) is 6. The Balaban J connectivity index is 2.00. The molecule has 1 atom stereocenters. The average Bonchev–Trinajstić information content (AvgIpc) is 2.57. The number of rotatable bonds is 2. The van der Waals surface area contributed by atoms with Gasteiger partial charge in [-0.05, 0) is 38.5 Å². The van der Waals surface area contributed by atoms with Gasteiger partial charge in [-0.1, -0.05) is 12.1 Å². The molecule has 1 saturated heterocycles. The third kappa shape index (κ3) is 5.99. The number of hydrogen-bond donors (Lipinski definition) is 5. The first kappa shape index (κ1) is 18.0. The lowest BCUT2D eigenvalue weighted by atomic mass is 10.0. The minimum Gasteiger partial charge on any atom is -0.504 e. The summed E-state index contributed by atoms with van der Waals surface area (Å²) in [6, 6.07) is 5.78. The smallest absolute Gasteiger partial charge is 0.162 e. The molecule has 0 saturated carbocycles. The Kier molecular flexibility index (Phi) is 8.17. The molecular formula is C17H30N4O2. The van der Waals surface area contributed by atoms with Crippen molar-refractivity contribution in [3.63, 3.8) is 0 Å². The van der Waals surface area contributed by atoms with Crippen LogP contribution in [-0.4, -0.2) is 58.0 Å². The van der Waals surface area contributed by atoms with Crippen LogP contribution in [0.3, 0.4) is 0 Å². The quantitative estimate of drug-likeness (QED) is 0.549. The minimum absolute atomic E-state index is 0.107. The van der Waals surface area contributed by atoms with Crippen LogP contribution in [0.25, 0.3) is 0 Å². The van der Waals surface area contributed by atoms with E-state index in [4.69, 9.17) is 4.74 Å². The van der Waals surface area contributed by atoms with Crippen LogP contribution >= 0.6 is 0 Å². The van der Waals surface area contributed by atoms with Gasteiger partial charge in [0.25, 0.3) is 0 Å². The van der Waals surface area contributed by atoms with E-state index in [1.807, 2.05) is 12.1 Å². The van der Waals surface area contributed by atoms with E-state index < -0.39 is 0 Å². The van der Waals surface area contributed by atoms with Crippen LogP contribution < -0.4 is 26.0 Å². The van der Waals surface area contributed by atoms with E-state index in [1.165, 1.54) is 0 Å². The van der Waals surface area contributed by atoms with Gasteiger partial charge in [0, 0.05) is 37.8 Å². The molecule has 23 heavy (non-hydrogen) atoms. The maximum atomic E-state index is 10.4. The maximum absolute atomic E-state index is 10.4. The summed E-state index contributed by atoms with van der Waals surface area (Å²) in [5, 5.41) is 24.3. The summed E-state index contributed by atoms with van der Waals surface area (Å²) < 4.78 is 5.23. The van der Waals surface area contributed by atoms with Crippen molar-refractivity contribution in [2.45, 2.75) is 18.9 Å². The van der Waals surface area contributed by atoms with Gasteiger partial charge in [-0.3, -0.25) is 0 Å². The molecule has 2 rings (SSSR count). The van der Waals surface area contributed by atoms with Crippen molar-refractivity contribution in [2.24, 2.45) is 0 Å². The highest BCUT2D eigenvalue weighted by molar-refractivity contribution is 5.46. The third-order valence-electron chi connectivity index (χ3n) is 4.11. The maximum Gasteiger partial charge on any atom is 0.162 e. The summed E-state index contributed by atoms with van der Waals surface area (Å²) in [4.78, 5) is 0. The zero-order chi connectivity index (χ0) is 16.3. The zero-order valence-electron chi connectivity index (χ0n) is 14.0. The Hall–Kier alpha value is -1.34. The largest absolute Gasteiger partial charge is 0.504 e. The number of phenols is 1. The first-order valence-electron chi connectivity index (χ1n) is 8.54. The summed E-state index contributed by atoms with van der Waals surface area (Å²) in [5.74, 6) is 0.766. The Bertz CT molecular complexity index is 442. The van der Waals surface area contributed by atoms with Crippen molar-refractivity contribution < 1.29 is 9.84 Å². The van der Waals surface area contributed by atoms with E-state index in [1.54, 1.807) is 13.2 Å². The van der Waals surface area contributed by atoms with Gasteiger partial charge in [-0.2, -0.15) is 0 Å². The molecule has 0 amide bonds. The Morgan fingerprint density at radius 3 is 2.39 bits per heavy atom. The van der Waals surface area contributed by atoms with Gasteiger partial charge >= 0.3 is 0 Å². The topological polar surface area (TPSA) is 77.6 Å². The number of para-hydroxylation sites is 1. The van der Waals surface area contributed by atoms with Crippen molar-refractivity contribution in [1.82, 2.24) is 21.3 Å². The highest BCUT2D eigenvalue weighted by atomic mass is 16.5. The van der Waals surface area contributed by atoms with Crippen LogP contribution in [0, 0.1) is 0 Å². The Morgan fingerprint density at radius 1 is 0.957 bits per heavy atom. The van der Waals surface area contributed by atoms with E-state index >= 15 is 0 Å². The van der Waals surface area contributed by atoms with Gasteiger partial charge in [0.05, 0.1) is 7.11 Å². The predicted molar refractivity (Wildman–Crippen MR) is 93.2 cm³/mol.